The molecule has 0 saturated heterocycles. The topological polar surface area (TPSA) is 84.5 Å². The fourth-order valence-electron chi connectivity index (χ4n) is 3.26. The highest BCUT2D eigenvalue weighted by Gasteiger charge is 2.12. The van der Waals surface area contributed by atoms with Crippen LogP contribution in [0, 0.1) is 0 Å². The molecule has 2 heterocycles. The Morgan fingerprint density at radius 1 is 0.962 bits per heavy atom. The van der Waals surface area contributed by atoms with E-state index in [9.17, 15) is 0 Å². The molecule has 0 aliphatic rings. The summed E-state index contributed by atoms with van der Waals surface area (Å²) in [5, 5.41) is 3.48. The van der Waals surface area contributed by atoms with Crippen molar-refractivity contribution in [2.24, 2.45) is 5.73 Å². The first kappa shape index (κ1) is 16.8. The first-order valence-electron chi connectivity index (χ1n) is 9.14. The van der Waals surface area contributed by atoms with Gasteiger partial charge in [0.2, 0.25) is 0 Å². The molecule has 4 rings (SSSR count). The van der Waals surface area contributed by atoms with Crippen molar-refractivity contribution in [1.82, 2.24) is 24.8 Å². The minimum absolute atomic E-state index is 0.676. The molecule has 0 radical (unpaired) electrons. The Morgan fingerprint density at radius 2 is 1.77 bits per heavy atom. The number of rotatable bonds is 8. The summed E-state index contributed by atoms with van der Waals surface area (Å²) in [6.45, 7) is 3.10. The maximum Gasteiger partial charge on any atom is 0.127 e. The molecule has 0 unspecified atom stereocenters. The summed E-state index contributed by atoms with van der Waals surface area (Å²) >= 11 is 0. The summed E-state index contributed by atoms with van der Waals surface area (Å²) in [5.74, 6) is 1.97. The van der Waals surface area contributed by atoms with E-state index < -0.39 is 0 Å². The Hall–Kier alpha value is -2.70. The molecule has 4 N–H and O–H groups in total. The average Bonchev–Trinajstić information content (AvgIpc) is 3.23. The number of nitrogens with two attached hydrogens (primary N) is 1. The van der Waals surface area contributed by atoms with E-state index in [0.29, 0.717) is 6.54 Å². The van der Waals surface area contributed by atoms with E-state index >= 15 is 0 Å². The molecule has 0 amide bonds. The summed E-state index contributed by atoms with van der Waals surface area (Å²) in [6.07, 6.45) is 2.13. The number of unbranched alkanes of at least 4 members (excludes halogenated alkanes) is 1. The molecule has 0 atom stereocenters. The zero-order chi connectivity index (χ0) is 17.8. The van der Waals surface area contributed by atoms with Crippen LogP contribution in [0.15, 0.2) is 48.5 Å². The highest BCUT2D eigenvalue weighted by molar-refractivity contribution is 5.77. The maximum atomic E-state index is 5.56. The average molecular weight is 348 g/mol. The van der Waals surface area contributed by atoms with Crippen LogP contribution in [-0.2, 0) is 13.1 Å². The summed E-state index contributed by atoms with van der Waals surface area (Å²) < 4.78 is 2.24. The molecule has 134 valence electrons. The van der Waals surface area contributed by atoms with Gasteiger partial charge >= 0.3 is 0 Å². The summed E-state index contributed by atoms with van der Waals surface area (Å²) in [6, 6.07) is 16.4. The van der Waals surface area contributed by atoms with Crippen LogP contribution >= 0.6 is 0 Å². The SMILES string of the molecule is NCCCCNCc1nc2ccccc2n1Cc1nc2ccccc2[nH]1. The van der Waals surface area contributed by atoms with Crippen LogP contribution in [0.4, 0.5) is 0 Å². The number of nitrogens with one attached hydrogen (secondary N) is 2. The number of para-hydroxylation sites is 4. The summed E-state index contributed by atoms with van der Waals surface area (Å²) in [4.78, 5) is 12.9. The molecule has 2 aromatic carbocycles. The lowest BCUT2D eigenvalue weighted by Gasteiger charge is -2.09. The van der Waals surface area contributed by atoms with Crippen molar-refractivity contribution in [1.29, 1.82) is 0 Å². The Labute approximate surface area is 152 Å². The lowest BCUT2D eigenvalue weighted by atomic mass is 10.3. The first-order chi connectivity index (χ1) is 12.8. The van der Waals surface area contributed by atoms with Gasteiger partial charge in [0.05, 0.1) is 35.2 Å². The third-order valence-electron chi connectivity index (χ3n) is 4.57. The molecule has 0 aliphatic heterocycles. The van der Waals surface area contributed by atoms with Crippen LogP contribution in [0.25, 0.3) is 22.1 Å². The molecule has 2 aromatic heterocycles. The predicted octanol–water partition coefficient (Wildman–Crippen LogP) is 2.79. The zero-order valence-electron chi connectivity index (χ0n) is 14.8. The van der Waals surface area contributed by atoms with Crippen molar-refractivity contribution in [3.63, 3.8) is 0 Å². The highest BCUT2D eigenvalue weighted by atomic mass is 15.1. The Balaban J connectivity index is 1.60. The number of nitrogens with zero attached hydrogens (tertiary/aromatic N) is 3. The smallest absolute Gasteiger partial charge is 0.127 e. The molecule has 0 aliphatic carbocycles. The fourth-order valence-corrected chi connectivity index (χ4v) is 3.26. The van der Waals surface area contributed by atoms with Crippen LogP contribution in [0.3, 0.4) is 0 Å². The number of benzene rings is 2. The number of aromatic amines is 1. The minimum atomic E-state index is 0.676. The Kier molecular flexibility index (Phi) is 4.95. The van der Waals surface area contributed by atoms with Gasteiger partial charge in [-0.3, -0.25) is 0 Å². The van der Waals surface area contributed by atoms with Crippen LogP contribution in [0.5, 0.6) is 0 Å². The van der Waals surface area contributed by atoms with Gasteiger partial charge in [-0.15, -0.1) is 0 Å². The number of hydrogen-bond acceptors (Lipinski definition) is 4. The van der Waals surface area contributed by atoms with E-state index in [2.05, 4.69) is 39.1 Å². The summed E-state index contributed by atoms with van der Waals surface area (Å²) in [5.41, 5.74) is 9.76. The Morgan fingerprint density at radius 3 is 2.62 bits per heavy atom. The van der Waals surface area contributed by atoms with Crippen LogP contribution in [0.1, 0.15) is 24.5 Å². The van der Waals surface area contributed by atoms with E-state index in [0.717, 1.165) is 66.2 Å². The lowest BCUT2D eigenvalue weighted by Crippen LogP contribution is -2.19. The molecule has 0 fully saturated rings. The molecule has 6 nitrogen and oxygen atoms in total. The first-order valence-corrected chi connectivity index (χ1v) is 9.14. The summed E-state index contributed by atoms with van der Waals surface area (Å²) in [7, 11) is 0. The van der Waals surface area contributed by atoms with Gasteiger partial charge in [0.1, 0.15) is 11.6 Å². The van der Waals surface area contributed by atoms with Crippen molar-refractivity contribution < 1.29 is 0 Å². The van der Waals surface area contributed by atoms with Crippen LogP contribution in [0.2, 0.25) is 0 Å². The van der Waals surface area contributed by atoms with Crippen molar-refractivity contribution in [3.8, 4) is 0 Å². The van der Waals surface area contributed by atoms with Crippen molar-refractivity contribution >= 4 is 22.1 Å². The second-order valence-corrected chi connectivity index (χ2v) is 6.48. The number of aromatic nitrogens is 4. The molecule has 6 heteroatoms. The van der Waals surface area contributed by atoms with Gasteiger partial charge in [0.25, 0.3) is 0 Å². The normalized spacial score (nSPS) is 11.6. The lowest BCUT2D eigenvalue weighted by molar-refractivity contribution is 0.591. The van der Waals surface area contributed by atoms with E-state index in [-0.39, 0.29) is 0 Å². The largest absolute Gasteiger partial charge is 0.340 e. The van der Waals surface area contributed by atoms with Gasteiger partial charge in [0, 0.05) is 0 Å². The molecule has 4 aromatic rings. The monoisotopic (exact) mass is 348 g/mol. The third kappa shape index (κ3) is 3.47. The van der Waals surface area contributed by atoms with Gasteiger partial charge in [-0.25, -0.2) is 9.97 Å². The van der Waals surface area contributed by atoms with Gasteiger partial charge < -0.3 is 20.6 Å². The van der Waals surface area contributed by atoms with E-state index in [4.69, 9.17) is 15.7 Å². The van der Waals surface area contributed by atoms with E-state index in [1.54, 1.807) is 0 Å². The van der Waals surface area contributed by atoms with Gasteiger partial charge in [-0.05, 0) is 50.2 Å². The van der Waals surface area contributed by atoms with Gasteiger partial charge in [-0.1, -0.05) is 24.3 Å². The van der Waals surface area contributed by atoms with E-state index in [1.807, 2.05) is 24.3 Å². The second-order valence-electron chi connectivity index (χ2n) is 6.48. The van der Waals surface area contributed by atoms with Crippen molar-refractivity contribution in [2.45, 2.75) is 25.9 Å². The molecule has 0 bridgehead atoms. The molecule has 0 spiro atoms. The number of imidazole rings is 2. The number of H-pyrrole nitrogens is 1. The molecular formula is C20H24N6. The quantitative estimate of drug-likeness (QED) is 0.428. The predicted molar refractivity (Wildman–Crippen MR) is 105 cm³/mol. The molecule has 26 heavy (non-hydrogen) atoms. The molecular weight excluding hydrogens is 324 g/mol. The minimum Gasteiger partial charge on any atom is -0.340 e. The second kappa shape index (κ2) is 7.68. The highest BCUT2D eigenvalue weighted by Crippen LogP contribution is 2.18. The fraction of sp³-hybridized carbons (Fsp3) is 0.300. The Bertz CT molecular complexity index is 967. The van der Waals surface area contributed by atoms with Crippen LogP contribution < -0.4 is 11.1 Å². The van der Waals surface area contributed by atoms with E-state index in [1.165, 1.54) is 0 Å². The van der Waals surface area contributed by atoms with Crippen molar-refractivity contribution in [2.75, 3.05) is 13.1 Å². The molecule has 0 saturated carbocycles. The van der Waals surface area contributed by atoms with Crippen LogP contribution in [-0.4, -0.2) is 32.6 Å². The zero-order valence-corrected chi connectivity index (χ0v) is 14.8. The standard InChI is InChI=1S/C20H24N6/c21-11-5-6-12-22-13-20-25-17-9-3-4-10-18(17)26(20)14-19-23-15-7-1-2-8-16(15)24-19/h1-4,7-10,22H,5-6,11-14,21H2,(H,23,24). The van der Waals surface area contributed by atoms with Crippen molar-refractivity contribution in [3.05, 3.63) is 60.2 Å². The van der Waals surface area contributed by atoms with Gasteiger partial charge in [-0.2, -0.15) is 0 Å². The number of fused-ring (bicyclic) bond motifs is 2. The third-order valence-corrected chi connectivity index (χ3v) is 4.57. The van der Waals surface area contributed by atoms with Gasteiger partial charge in [0.15, 0.2) is 0 Å². The maximum absolute atomic E-state index is 5.56. The number of hydrogen-bond donors (Lipinski definition) is 3.